The fourth-order valence-electron chi connectivity index (χ4n) is 0.973. The summed E-state index contributed by atoms with van der Waals surface area (Å²) in [6, 6.07) is 9.38. The molecule has 3 nitrogen and oxygen atoms in total. The van der Waals surface area contributed by atoms with Crippen LogP contribution >= 0.6 is 0 Å². The molecule has 0 N–H and O–H groups in total. The Morgan fingerprint density at radius 3 is 2.42 bits per heavy atom. The van der Waals surface area contributed by atoms with E-state index >= 15 is 0 Å². The van der Waals surface area contributed by atoms with Gasteiger partial charge in [-0.05, 0) is 0 Å². The monoisotopic (exact) mass is 157 g/mol. The second-order valence-electron chi connectivity index (χ2n) is 2.34. The normalized spacial score (nSPS) is 15.0. The molecule has 12 heavy (non-hydrogen) atoms. The van der Waals surface area contributed by atoms with E-state index in [9.17, 15) is 4.79 Å². The summed E-state index contributed by atoms with van der Waals surface area (Å²) in [4.78, 5) is 10.6. The molecule has 1 aliphatic heterocycles. The molecule has 57 valence electrons. The first-order chi connectivity index (χ1) is 5.86. The Morgan fingerprint density at radius 1 is 1.08 bits per heavy atom. The number of carbonyl (C=O) groups excluding carboxylic acids is 1. The average Bonchev–Trinajstić information content (AvgIpc) is 2.54. The van der Waals surface area contributed by atoms with E-state index in [1.54, 1.807) is 0 Å². The highest BCUT2D eigenvalue weighted by Gasteiger charge is 2.09. The number of amides is 1. The number of nitrogens with zero attached hydrogens (tertiary/aromatic N) is 2. The third kappa shape index (κ3) is 1.16. The van der Waals surface area contributed by atoms with Gasteiger partial charge in [-0.3, -0.25) is 4.79 Å². The van der Waals surface area contributed by atoms with E-state index in [1.807, 2.05) is 30.3 Å². The maximum absolute atomic E-state index is 10.6. The lowest BCUT2D eigenvalue weighted by Gasteiger charge is -1.93. The fourth-order valence-corrected chi connectivity index (χ4v) is 0.973. The number of benzene rings is 1. The van der Waals surface area contributed by atoms with E-state index in [-0.39, 0.29) is 0 Å². The number of rotatable bonds is 1. The van der Waals surface area contributed by atoms with Crippen molar-refractivity contribution >= 4 is 11.6 Å². The molecular weight excluding hydrogens is 152 g/mol. The predicted octanol–water partition coefficient (Wildman–Crippen LogP) is 1.82. The van der Waals surface area contributed by atoms with Crippen molar-refractivity contribution in [2.75, 3.05) is 0 Å². The van der Waals surface area contributed by atoms with Crippen molar-refractivity contribution in [3.05, 3.63) is 42.0 Å². The Kier molecular flexibility index (Phi) is 1.55. The van der Waals surface area contributed by atoms with Gasteiger partial charge in [0.2, 0.25) is 0 Å². The third-order valence-corrected chi connectivity index (χ3v) is 1.51. The van der Waals surface area contributed by atoms with Crippen molar-refractivity contribution in [2.24, 2.45) is 10.2 Å². The van der Waals surface area contributed by atoms with Gasteiger partial charge in [-0.2, -0.15) is 0 Å². The summed E-state index contributed by atoms with van der Waals surface area (Å²) >= 11 is 0. The van der Waals surface area contributed by atoms with Crippen molar-refractivity contribution < 1.29 is 4.79 Å². The van der Waals surface area contributed by atoms with Crippen LogP contribution < -0.4 is 0 Å². The standard InChI is InChI=1S/C9H5N2O/c12-9-6-8(10-11-9)7-4-2-1-3-5-7/h1-5H. The maximum Gasteiger partial charge on any atom is 0.298 e. The Bertz CT molecular complexity index is 365. The minimum absolute atomic E-state index is 0.408. The summed E-state index contributed by atoms with van der Waals surface area (Å²) in [5.41, 5.74) is 1.38. The molecule has 0 fully saturated rings. The fraction of sp³-hybridized carbons (Fsp3) is 0. The SMILES string of the molecule is O=C1[C]=C(c2ccccc2)N=N1. The molecule has 1 radical (unpaired) electrons. The molecule has 3 heteroatoms. The summed E-state index contributed by atoms with van der Waals surface area (Å²) in [6.07, 6.45) is 2.51. The van der Waals surface area contributed by atoms with Crippen molar-refractivity contribution in [1.29, 1.82) is 0 Å². The molecule has 0 aromatic heterocycles. The highest BCUT2D eigenvalue weighted by Crippen LogP contribution is 2.18. The molecule has 2 rings (SSSR count). The lowest BCUT2D eigenvalue weighted by Crippen LogP contribution is -1.80. The van der Waals surface area contributed by atoms with Crippen LogP contribution in [0.25, 0.3) is 5.70 Å². The zero-order valence-corrected chi connectivity index (χ0v) is 6.19. The van der Waals surface area contributed by atoms with E-state index in [0.717, 1.165) is 5.56 Å². The van der Waals surface area contributed by atoms with Crippen LogP contribution in [0.4, 0.5) is 0 Å². The second-order valence-corrected chi connectivity index (χ2v) is 2.34. The van der Waals surface area contributed by atoms with E-state index in [2.05, 4.69) is 16.3 Å². The smallest absolute Gasteiger partial charge is 0.265 e. The molecular formula is C9H5N2O. The van der Waals surface area contributed by atoms with Gasteiger partial charge in [0, 0.05) is 5.56 Å². The topological polar surface area (TPSA) is 41.8 Å². The van der Waals surface area contributed by atoms with Crippen molar-refractivity contribution in [3.63, 3.8) is 0 Å². The highest BCUT2D eigenvalue weighted by atomic mass is 16.1. The van der Waals surface area contributed by atoms with Crippen molar-refractivity contribution in [2.45, 2.75) is 0 Å². The Labute approximate surface area is 69.4 Å². The number of hydrogen-bond acceptors (Lipinski definition) is 2. The molecule has 1 aromatic rings. The summed E-state index contributed by atoms with van der Waals surface area (Å²) in [7, 11) is 0. The number of hydrogen-bond donors (Lipinski definition) is 0. The minimum atomic E-state index is -0.408. The average molecular weight is 157 g/mol. The predicted molar refractivity (Wildman–Crippen MR) is 43.0 cm³/mol. The number of carbonyl (C=O) groups is 1. The van der Waals surface area contributed by atoms with Gasteiger partial charge in [0.25, 0.3) is 5.91 Å². The molecule has 1 aromatic carbocycles. The van der Waals surface area contributed by atoms with Crippen LogP contribution in [-0.4, -0.2) is 5.91 Å². The summed E-state index contributed by atoms with van der Waals surface area (Å²) in [6.45, 7) is 0. The first-order valence-electron chi connectivity index (χ1n) is 3.51. The molecule has 0 saturated heterocycles. The summed E-state index contributed by atoms with van der Waals surface area (Å²) in [5.74, 6) is -0.408. The van der Waals surface area contributed by atoms with Crippen molar-refractivity contribution in [3.8, 4) is 0 Å². The molecule has 0 aliphatic carbocycles. The zero-order valence-electron chi connectivity index (χ0n) is 6.19. The second kappa shape index (κ2) is 2.70. The van der Waals surface area contributed by atoms with Crippen LogP contribution in [0.5, 0.6) is 0 Å². The maximum atomic E-state index is 10.6. The van der Waals surface area contributed by atoms with Crippen LogP contribution in [0.1, 0.15) is 5.56 Å². The van der Waals surface area contributed by atoms with Gasteiger partial charge < -0.3 is 0 Å². The minimum Gasteiger partial charge on any atom is -0.265 e. The van der Waals surface area contributed by atoms with Gasteiger partial charge in [0.05, 0.1) is 6.08 Å². The molecule has 1 amide bonds. The highest BCUT2D eigenvalue weighted by molar-refractivity contribution is 5.94. The van der Waals surface area contributed by atoms with E-state index in [4.69, 9.17) is 0 Å². The summed E-state index contributed by atoms with van der Waals surface area (Å²) in [5, 5.41) is 7.00. The van der Waals surface area contributed by atoms with Gasteiger partial charge in [0.15, 0.2) is 0 Å². The van der Waals surface area contributed by atoms with Crippen LogP contribution in [0.15, 0.2) is 40.6 Å². The Hall–Kier alpha value is -1.77. The molecule has 0 atom stereocenters. The molecule has 0 spiro atoms. The van der Waals surface area contributed by atoms with Crippen molar-refractivity contribution in [1.82, 2.24) is 0 Å². The first-order valence-corrected chi connectivity index (χ1v) is 3.51. The third-order valence-electron chi connectivity index (χ3n) is 1.51. The molecule has 0 unspecified atom stereocenters. The lowest BCUT2D eigenvalue weighted by molar-refractivity contribution is -0.114. The van der Waals surface area contributed by atoms with E-state index in [0.29, 0.717) is 5.70 Å². The van der Waals surface area contributed by atoms with Gasteiger partial charge in [-0.15, -0.1) is 10.2 Å². The Balaban J connectivity index is 2.40. The van der Waals surface area contributed by atoms with Gasteiger partial charge in [0.1, 0.15) is 5.70 Å². The van der Waals surface area contributed by atoms with Gasteiger partial charge in [-0.1, -0.05) is 30.3 Å². The largest absolute Gasteiger partial charge is 0.298 e. The van der Waals surface area contributed by atoms with E-state index < -0.39 is 5.91 Å². The van der Waals surface area contributed by atoms with Gasteiger partial charge in [-0.25, -0.2) is 0 Å². The summed E-state index contributed by atoms with van der Waals surface area (Å²) < 4.78 is 0. The Morgan fingerprint density at radius 2 is 1.83 bits per heavy atom. The number of azo groups is 1. The lowest BCUT2D eigenvalue weighted by atomic mass is 10.1. The molecule has 1 heterocycles. The van der Waals surface area contributed by atoms with Crippen LogP contribution in [-0.2, 0) is 4.79 Å². The van der Waals surface area contributed by atoms with E-state index in [1.165, 1.54) is 0 Å². The molecule has 1 aliphatic rings. The van der Waals surface area contributed by atoms with Crippen LogP contribution in [0, 0.1) is 6.08 Å². The quantitative estimate of drug-likeness (QED) is 0.613. The zero-order chi connectivity index (χ0) is 8.39. The van der Waals surface area contributed by atoms with Crippen LogP contribution in [0.2, 0.25) is 0 Å². The van der Waals surface area contributed by atoms with Crippen LogP contribution in [0.3, 0.4) is 0 Å². The molecule has 0 bridgehead atoms. The first kappa shape index (κ1) is 6.91. The molecule has 0 saturated carbocycles. The van der Waals surface area contributed by atoms with Gasteiger partial charge >= 0.3 is 0 Å².